The number of hydrogen-bond donors (Lipinski definition) is 0. The molecule has 0 saturated heterocycles. The molecule has 9 nitrogen and oxygen atoms in total. The van der Waals surface area contributed by atoms with Crippen molar-refractivity contribution < 1.29 is 14.3 Å². The van der Waals surface area contributed by atoms with Gasteiger partial charge in [0, 0.05) is 24.3 Å². The predicted molar refractivity (Wildman–Crippen MR) is 105 cm³/mol. The van der Waals surface area contributed by atoms with Crippen LogP contribution in [0.3, 0.4) is 0 Å². The number of carbonyl (C=O) groups is 2. The Morgan fingerprint density at radius 2 is 1.93 bits per heavy atom. The van der Waals surface area contributed by atoms with Gasteiger partial charge in [-0.1, -0.05) is 11.6 Å². The maximum absolute atomic E-state index is 13.0. The first kappa shape index (κ1) is 19.2. The second-order valence-corrected chi connectivity index (χ2v) is 7.10. The second kappa shape index (κ2) is 7.69. The number of rotatable bonds is 5. The van der Waals surface area contributed by atoms with Gasteiger partial charge in [-0.3, -0.25) is 14.6 Å². The number of ether oxygens (including phenoxy) is 1. The summed E-state index contributed by atoms with van der Waals surface area (Å²) in [6.07, 6.45) is 1.99. The van der Waals surface area contributed by atoms with Crippen molar-refractivity contribution in [3.8, 4) is 0 Å². The molecule has 148 valence electrons. The largest absolute Gasteiger partial charge is 0.435 e. The molecule has 1 aliphatic heterocycles. The summed E-state index contributed by atoms with van der Waals surface area (Å²) in [7, 11) is 3.72. The number of pyridine rings is 2. The SMILES string of the molecule is CN(C)CCC(=O)OC1c2nccnc2C(=O)N1c1ccc2ccc(Cl)nc2n1. The summed E-state index contributed by atoms with van der Waals surface area (Å²) in [5, 5.41) is 1.05. The average Bonchev–Trinajstić information content (AvgIpc) is 2.98. The van der Waals surface area contributed by atoms with Crippen LogP contribution in [0, 0.1) is 0 Å². The number of halogens is 1. The average molecular weight is 413 g/mol. The fourth-order valence-electron chi connectivity index (χ4n) is 2.97. The lowest BCUT2D eigenvalue weighted by Crippen LogP contribution is -2.32. The van der Waals surface area contributed by atoms with Crippen molar-refractivity contribution in [2.45, 2.75) is 12.6 Å². The van der Waals surface area contributed by atoms with Crippen LogP contribution in [0.25, 0.3) is 11.0 Å². The minimum Gasteiger partial charge on any atom is -0.435 e. The lowest BCUT2D eigenvalue weighted by Gasteiger charge is -2.23. The van der Waals surface area contributed by atoms with E-state index in [1.54, 1.807) is 24.3 Å². The van der Waals surface area contributed by atoms with E-state index in [4.69, 9.17) is 16.3 Å². The first-order valence-electron chi connectivity index (χ1n) is 8.86. The first-order valence-corrected chi connectivity index (χ1v) is 9.24. The maximum Gasteiger partial charge on any atom is 0.309 e. The monoisotopic (exact) mass is 412 g/mol. The molecule has 0 radical (unpaired) electrons. The van der Waals surface area contributed by atoms with Gasteiger partial charge >= 0.3 is 5.97 Å². The van der Waals surface area contributed by atoms with E-state index < -0.39 is 18.1 Å². The summed E-state index contributed by atoms with van der Waals surface area (Å²) < 4.78 is 5.61. The van der Waals surface area contributed by atoms with Crippen LogP contribution in [0.15, 0.2) is 36.7 Å². The molecule has 1 aliphatic rings. The molecule has 1 amide bonds. The number of nitrogens with zero attached hydrogens (tertiary/aromatic N) is 6. The quantitative estimate of drug-likeness (QED) is 0.464. The van der Waals surface area contributed by atoms with Crippen molar-refractivity contribution in [2.24, 2.45) is 0 Å². The number of hydrogen-bond acceptors (Lipinski definition) is 8. The highest BCUT2D eigenvalue weighted by atomic mass is 35.5. The van der Waals surface area contributed by atoms with Crippen LogP contribution in [0.1, 0.15) is 28.8 Å². The Hall–Kier alpha value is -3.17. The molecule has 4 rings (SSSR count). The molecular weight excluding hydrogens is 396 g/mol. The zero-order valence-corrected chi connectivity index (χ0v) is 16.5. The van der Waals surface area contributed by atoms with Gasteiger partial charge < -0.3 is 9.64 Å². The molecule has 0 aliphatic carbocycles. The van der Waals surface area contributed by atoms with E-state index >= 15 is 0 Å². The third kappa shape index (κ3) is 3.74. The third-order valence-corrected chi connectivity index (χ3v) is 4.58. The standard InChI is InChI=1S/C19H17ClN6O3/c1-25(2)10-7-14(27)29-19-16-15(21-8-9-22-16)18(28)26(19)13-6-4-11-3-5-12(20)23-17(11)24-13/h3-6,8-9,19H,7,10H2,1-2H3. The number of anilines is 1. The third-order valence-electron chi connectivity index (χ3n) is 4.37. The van der Waals surface area contributed by atoms with Gasteiger partial charge in [-0.25, -0.2) is 19.9 Å². The van der Waals surface area contributed by atoms with E-state index in [2.05, 4.69) is 19.9 Å². The van der Waals surface area contributed by atoms with E-state index in [0.29, 0.717) is 12.2 Å². The van der Waals surface area contributed by atoms with Crippen LogP contribution < -0.4 is 4.90 Å². The fraction of sp³-hybridized carbons (Fsp3) is 0.263. The highest BCUT2D eigenvalue weighted by Gasteiger charge is 2.43. The fourth-order valence-corrected chi connectivity index (χ4v) is 3.11. The predicted octanol–water partition coefficient (Wildman–Crippen LogP) is 2.23. The van der Waals surface area contributed by atoms with E-state index in [1.807, 2.05) is 19.0 Å². The zero-order chi connectivity index (χ0) is 20.5. The van der Waals surface area contributed by atoms with Gasteiger partial charge in [0.15, 0.2) is 11.3 Å². The Morgan fingerprint density at radius 3 is 2.72 bits per heavy atom. The van der Waals surface area contributed by atoms with E-state index in [0.717, 1.165) is 5.39 Å². The van der Waals surface area contributed by atoms with Crippen molar-refractivity contribution >= 4 is 40.3 Å². The van der Waals surface area contributed by atoms with Crippen molar-refractivity contribution in [3.05, 3.63) is 53.2 Å². The molecule has 0 N–H and O–H groups in total. The second-order valence-electron chi connectivity index (χ2n) is 6.71. The minimum absolute atomic E-state index is 0.124. The van der Waals surface area contributed by atoms with Crippen LogP contribution in [0.5, 0.6) is 0 Å². The summed E-state index contributed by atoms with van der Waals surface area (Å²) in [6, 6.07) is 6.86. The minimum atomic E-state index is -1.05. The van der Waals surface area contributed by atoms with Gasteiger partial charge in [0.1, 0.15) is 16.7 Å². The summed E-state index contributed by atoms with van der Waals surface area (Å²) >= 11 is 5.97. The van der Waals surface area contributed by atoms with Crippen molar-refractivity contribution in [2.75, 3.05) is 25.5 Å². The van der Waals surface area contributed by atoms with Crippen molar-refractivity contribution in [1.82, 2.24) is 24.8 Å². The molecular formula is C19H17ClN6O3. The normalized spacial score (nSPS) is 15.8. The molecule has 0 fully saturated rings. The number of carbonyl (C=O) groups excluding carboxylic acids is 2. The smallest absolute Gasteiger partial charge is 0.309 e. The summed E-state index contributed by atoms with van der Waals surface area (Å²) in [6.45, 7) is 0.517. The Kier molecular flexibility index (Phi) is 5.08. The molecule has 0 bridgehead atoms. The Labute approximate surface area is 171 Å². The zero-order valence-electron chi connectivity index (χ0n) is 15.7. The summed E-state index contributed by atoms with van der Waals surface area (Å²) in [4.78, 5) is 45.4. The first-order chi connectivity index (χ1) is 13.9. The van der Waals surface area contributed by atoms with Crippen LogP contribution in [-0.4, -0.2) is 57.4 Å². The number of esters is 1. The highest BCUT2D eigenvalue weighted by Crippen LogP contribution is 2.36. The molecule has 29 heavy (non-hydrogen) atoms. The molecule has 1 atom stereocenters. The van der Waals surface area contributed by atoms with Crippen molar-refractivity contribution in [3.63, 3.8) is 0 Å². The van der Waals surface area contributed by atoms with Gasteiger partial charge in [0.05, 0.1) is 6.42 Å². The lowest BCUT2D eigenvalue weighted by atomic mass is 10.3. The molecule has 3 aromatic rings. The van der Waals surface area contributed by atoms with Crippen LogP contribution in [0.2, 0.25) is 5.15 Å². The van der Waals surface area contributed by atoms with Gasteiger partial charge in [-0.15, -0.1) is 0 Å². The highest BCUT2D eigenvalue weighted by molar-refractivity contribution is 6.29. The molecule has 0 aromatic carbocycles. The number of fused-ring (bicyclic) bond motifs is 2. The lowest BCUT2D eigenvalue weighted by molar-refractivity contribution is -0.149. The molecule has 1 unspecified atom stereocenters. The molecule has 10 heteroatoms. The Bertz CT molecular complexity index is 1110. The van der Waals surface area contributed by atoms with Gasteiger partial charge in [-0.05, 0) is 38.4 Å². The topological polar surface area (TPSA) is 101 Å². The van der Waals surface area contributed by atoms with E-state index in [9.17, 15) is 9.59 Å². The molecule has 4 heterocycles. The van der Waals surface area contributed by atoms with E-state index in [-0.39, 0.29) is 28.8 Å². The Balaban J connectivity index is 1.72. The van der Waals surface area contributed by atoms with Crippen LogP contribution >= 0.6 is 11.6 Å². The maximum atomic E-state index is 13.0. The molecule has 0 saturated carbocycles. The molecule has 3 aromatic heterocycles. The van der Waals surface area contributed by atoms with Crippen LogP contribution in [0.4, 0.5) is 5.82 Å². The van der Waals surface area contributed by atoms with Crippen LogP contribution in [-0.2, 0) is 9.53 Å². The molecule has 0 spiro atoms. The van der Waals surface area contributed by atoms with Crippen molar-refractivity contribution in [1.29, 1.82) is 0 Å². The van der Waals surface area contributed by atoms with Gasteiger partial charge in [0.2, 0.25) is 6.23 Å². The summed E-state index contributed by atoms with van der Waals surface area (Å²) in [5.41, 5.74) is 0.771. The number of amides is 1. The Morgan fingerprint density at radius 1 is 1.17 bits per heavy atom. The van der Waals surface area contributed by atoms with E-state index in [1.165, 1.54) is 17.3 Å². The number of aromatic nitrogens is 4. The van der Waals surface area contributed by atoms with Gasteiger partial charge in [-0.2, -0.15) is 0 Å². The summed E-state index contributed by atoms with van der Waals surface area (Å²) in [5.74, 6) is -0.642. The van der Waals surface area contributed by atoms with Gasteiger partial charge in [0.25, 0.3) is 5.91 Å².